The highest BCUT2D eigenvalue weighted by Gasteiger charge is 2.27. The number of nitrogens with one attached hydrogen (secondary N) is 1. The van der Waals surface area contributed by atoms with Crippen LogP contribution in [0.3, 0.4) is 0 Å². The monoisotopic (exact) mass is 284 g/mol. The minimum Gasteiger partial charge on any atom is -0.393 e. The molecule has 1 heterocycles. The molecule has 1 aliphatic carbocycles. The molecule has 0 saturated heterocycles. The van der Waals surface area contributed by atoms with Gasteiger partial charge < -0.3 is 15.0 Å². The van der Waals surface area contributed by atoms with Crippen LogP contribution in [0.4, 0.5) is 0 Å². The Morgan fingerprint density at radius 2 is 1.95 bits per heavy atom. The fourth-order valence-electron chi connectivity index (χ4n) is 2.73. The predicted octanol–water partition coefficient (Wildman–Crippen LogP) is 2.04. The SMILES string of the molecule is O=C(NCC1CC(O)C1)c1cccn1Cc1ccccc1. The van der Waals surface area contributed by atoms with Gasteiger partial charge in [-0.1, -0.05) is 30.3 Å². The molecule has 2 N–H and O–H groups in total. The van der Waals surface area contributed by atoms with E-state index in [0.29, 0.717) is 24.7 Å². The molecule has 21 heavy (non-hydrogen) atoms. The van der Waals surface area contributed by atoms with Crippen LogP contribution < -0.4 is 5.32 Å². The van der Waals surface area contributed by atoms with Crippen molar-refractivity contribution in [3.05, 3.63) is 59.9 Å². The molecular formula is C17H20N2O2. The minimum absolute atomic E-state index is 0.0441. The summed E-state index contributed by atoms with van der Waals surface area (Å²) in [6.45, 7) is 1.34. The van der Waals surface area contributed by atoms with Gasteiger partial charge in [0.2, 0.25) is 0 Å². The van der Waals surface area contributed by atoms with Gasteiger partial charge in [0, 0.05) is 19.3 Å². The zero-order valence-corrected chi connectivity index (χ0v) is 11.9. The van der Waals surface area contributed by atoms with E-state index in [0.717, 1.165) is 12.8 Å². The van der Waals surface area contributed by atoms with Crippen molar-refractivity contribution in [1.82, 2.24) is 9.88 Å². The number of aromatic nitrogens is 1. The van der Waals surface area contributed by atoms with Crippen LogP contribution in [0, 0.1) is 5.92 Å². The molecule has 110 valence electrons. The molecule has 3 rings (SSSR count). The maximum Gasteiger partial charge on any atom is 0.267 e. The van der Waals surface area contributed by atoms with Gasteiger partial charge in [-0.25, -0.2) is 0 Å². The van der Waals surface area contributed by atoms with Crippen LogP contribution in [0.5, 0.6) is 0 Å². The van der Waals surface area contributed by atoms with E-state index in [-0.39, 0.29) is 12.0 Å². The van der Waals surface area contributed by atoms with E-state index in [4.69, 9.17) is 0 Å². The van der Waals surface area contributed by atoms with Crippen LogP contribution in [0.1, 0.15) is 28.9 Å². The number of hydrogen-bond donors (Lipinski definition) is 2. The van der Waals surface area contributed by atoms with Gasteiger partial charge in [0.15, 0.2) is 0 Å². The fraction of sp³-hybridized carbons (Fsp3) is 0.353. The van der Waals surface area contributed by atoms with Gasteiger partial charge in [0.25, 0.3) is 5.91 Å². The van der Waals surface area contributed by atoms with E-state index in [1.54, 1.807) is 0 Å². The first-order valence-electron chi connectivity index (χ1n) is 7.37. The summed E-state index contributed by atoms with van der Waals surface area (Å²) >= 11 is 0. The van der Waals surface area contributed by atoms with Crippen LogP contribution in [-0.2, 0) is 6.54 Å². The second kappa shape index (κ2) is 6.14. The van der Waals surface area contributed by atoms with Crippen molar-refractivity contribution in [2.24, 2.45) is 5.92 Å². The largest absolute Gasteiger partial charge is 0.393 e. The van der Waals surface area contributed by atoms with Gasteiger partial charge in [-0.2, -0.15) is 0 Å². The third-order valence-electron chi connectivity index (χ3n) is 4.02. The Labute approximate surface area is 124 Å². The highest BCUT2D eigenvalue weighted by molar-refractivity contribution is 5.92. The standard InChI is InChI=1S/C17H20N2O2/c20-15-9-14(10-15)11-18-17(21)16-7-4-8-19(16)12-13-5-2-1-3-6-13/h1-8,14-15,20H,9-12H2,(H,18,21). The molecule has 4 nitrogen and oxygen atoms in total. The fourth-order valence-corrected chi connectivity index (χ4v) is 2.73. The van der Waals surface area contributed by atoms with Crippen LogP contribution in [0.25, 0.3) is 0 Å². The lowest BCUT2D eigenvalue weighted by atomic mass is 9.82. The summed E-state index contributed by atoms with van der Waals surface area (Å²) < 4.78 is 1.96. The van der Waals surface area contributed by atoms with Crippen molar-refractivity contribution in [1.29, 1.82) is 0 Å². The maximum atomic E-state index is 12.2. The van der Waals surface area contributed by atoms with E-state index >= 15 is 0 Å². The van der Waals surface area contributed by atoms with Crippen LogP contribution in [0.15, 0.2) is 48.7 Å². The Balaban J connectivity index is 1.60. The predicted molar refractivity (Wildman–Crippen MR) is 81.0 cm³/mol. The second-order valence-electron chi connectivity index (χ2n) is 5.71. The van der Waals surface area contributed by atoms with E-state index in [2.05, 4.69) is 17.4 Å². The highest BCUT2D eigenvalue weighted by Crippen LogP contribution is 2.26. The zero-order chi connectivity index (χ0) is 14.7. The van der Waals surface area contributed by atoms with E-state index in [1.165, 1.54) is 5.56 Å². The molecule has 2 aromatic rings. The summed E-state index contributed by atoms with van der Waals surface area (Å²) in [5.41, 5.74) is 1.85. The number of carbonyl (C=O) groups excluding carboxylic acids is 1. The molecule has 4 heteroatoms. The average Bonchev–Trinajstić information content (AvgIpc) is 2.91. The smallest absolute Gasteiger partial charge is 0.267 e. The molecule has 0 unspecified atom stereocenters. The van der Waals surface area contributed by atoms with Crippen molar-refractivity contribution >= 4 is 5.91 Å². The maximum absolute atomic E-state index is 12.2. The highest BCUT2D eigenvalue weighted by atomic mass is 16.3. The van der Waals surface area contributed by atoms with Crippen LogP contribution in [0.2, 0.25) is 0 Å². The molecule has 0 radical (unpaired) electrons. The van der Waals surface area contributed by atoms with Gasteiger partial charge in [0.1, 0.15) is 5.69 Å². The van der Waals surface area contributed by atoms with Gasteiger partial charge in [-0.05, 0) is 36.5 Å². The molecule has 1 aliphatic rings. The van der Waals surface area contributed by atoms with Crippen molar-refractivity contribution in [2.45, 2.75) is 25.5 Å². The van der Waals surface area contributed by atoms with Gasteiger partial charge in [-0.15, -0.1) is 0 Å². The summed E-state index contributed by atoms with van der Waals surface area (Å²) in [5.74, 6) is 0.374. The molecule has 1 aromatic carbocycles. The molecule has 0 atom stereocenters. The van der Waals surface area contributed by atoms with Gasteiger partial charge in [0.05, 0.1) is 6.10 Å². The normalized spacial score (nSPS) is 20.8. The number of amides is 1. The van der Waals surface area contributed by atoms with E-state index in [9.17, 15) is 9.90 Å². The van der Waals surface area contributed by atoms with Crippen LogP contribution in [-0.4, -0.2) is 28.2 Å². The topological polar surface area (TPSA) is 54.3 Å². The van der Waals surface area contributed by atoms with Crippen molar-refractivity contribution in [3.63, 3.8) is 0 Å². The summed E-state index contributed by atoms with van der Waals surface area (Å²) in [7, 11) is 0. The van der Waals surface area contributed by atoms with E-state index < -0.39 is 0 Å². The molecule has 1 saturated carbocycles. The molecule has 0 bridgehead atoms. The Kier molecular flexibility index (Phi) is 4.06. The minimum atomic E-state index is -0.172. The summed E-state index contributed by atoms with van der Waals surface area (Å²) in [6.07, 6.45) is 3.35. The molecule has 0 aliphatic heterocycles. The molecule has 0 spiro atoms. The quantitative estimate of drug-likeness (QED) is 0.883. The lowest BCUT2D eigenvalue weighted by Gasteiger charge is -2.31. The number of nitrogens with zero attached hydrogens (tertiary/aromatic N) is 1. The summed E-state index contributed by atoms with van der Waals surface area (Å²) in [6, 6.07) is 13.8. The third-order valence-corrected chi connectivity index (χ3v) is 4.02. The van der Waals surface area contributed by atoms with Gasteiger partial charge >= 0.3 is 0 Å². The molecule has 1 aromatic heterocycles. The molecule has 1 fully saturated rings. The number of carbonyl (C=O) groups is 1. The first-order chi connectivity index (χ1) is 10.2. The first kappa shape index (κ1) is 13.9. The summed E-state index contributed by atoms with van der Waals surface area (Å²) in [4.78, 5) is 12.2. The number of rotatable bonds is 5. The summed E-state index contributed by atoms with van der Waals surface area (Å²) in [5, 5.41) is 12.2. The number of benzene rings is 1. The van der Waals surface area contributed by atoms with Gasteiger partial charge in [-0.3, -0.25) is 4.79 Å². The molecule has 1 amide bonds. The number of aliphatic hydroxyl groups excluding tert-OH is 1. The average molecular weight is 284 g/mol. The first-order valence-corrected chi connectivity index (χ1v) is 7.37. The lowest BCUT2D eigenvalue weighted by molar-refractivity contribution is 0.0419. The third kappa shape index (κ3) is 3.34. The van der Waals surface area contributed by atoms with Crippen LogP contribution >= 0.6 is 0 Å². The molecular weight excluding hydrogens is 264 g/mol. The van der Waals surface area contributed by atoms with Crippen molar-refractivity contribution < 1.29 is 9.90 Å². The van der Waals surface area contributed by atoms with Crippen molar-refractivity contribution in [2.75, 3.05) is 6.54 Å². The number of aliphatic hydroxyl groups is 1. The van der Waals surface area contributed by atoms with Crippen molar-refractivity contribution in [3.8, 4) is 0 Å². The Morgan fingerprint density at radius 1 is 1.19 bits per heavy atom. The Bertz CT molecular complexity index is 600. The second-order valence-corrected chi connectivity index (χ2v) is 5.71. The van der Waals surface area contributed by atoms with E-state index in [1.807, 2.05) is 41.1 Å². The lowest BCUT2D eigenvalue weighted by Crippen LogP contribution is -2.38. The Morgan fingerprint density at radius 3 is 2.67 bits per heavy atom. The Hall–Kier alpha value is -2.07. The number of hydrogen-bond acceptors (Lipinski definition) is 2. The zero-order valence-electron chi connectivity index (χ0n) is 11.9.